The Balaban J connectivity index is 0.000000135. The third-order valence-electron chi connectivity index (χ3n) is 26.9. The Labute approximate surface area is 756 Å². The quantitative estimate of drug-likeness (QED) is 0.127. The van der Waals surface area contributed by atoms with Crippen LogP contribution in [0.1, 0.15) is 0 Å². The van der Waals surface area contributed by atoms with Gasteiger partial charge in [-0.25, -0.2) is 29.9 Å². The molecule has 0 atom stereocenters. The van der Waals surface area contributed by atoms with Gasteiger partial charge < -0.3 is 18.3 Å². The molecule has 0 N–H and O–H groups in total. The first-order valence-corrected chi connectivity index (χ1v) is 44.8. The van der Waals surface area contributed by atoms with Gasteiger partial charge in [-0.1, -0.05) is 315 Å². The SMILES string of the molecule is c1ccc(-c2nc(-c3cccc(-n4c5ccc(-n6c7ccccc7c7cc8ccccc8cc76)cc5c5cc6ccccc6cc54)c3)nc(-c3cc4ccccc4c4ccccc34)n2)cc1.c1ccc(-c2nc(-c3cccc(-n4c5ccccc5c5cc6cc(-n7c8ccccc8c8cc9ccccc9cc87)ccc6cc54)c3)nc(-c3ccc4c(ccc5ccccc54)c3)n2)cc1. The molecular formula is C122H74N10. The second kappa shape index (κ2) is 29.9. The van der Waals surface area contributed by atoms with Gasteiger partial charge in [-0.3, -0.25) is 0 Å². The van der Waals surface area contributed by atoms with Crippen molar-refractivity contribution in [2.45, 2.75) is 0 Å². The highest BCUT2D eigenvalue weighted by Gasteiger charge is 2.25. The van der Waals surface area contributed by atoms with Crippen LogP contribution in [-0.2, 0) is 0 Å². The lowest BCUT2D eigenvalue weighted by Crippen LogP contribution is -2.01. The van der Waals surface area contributed by atoms with E-state index in [-0.39, 0.29) is 0 Å². The predicted molar refractivity (Wildman–Crippen MR) is 550 cm³/mol. The number of para-hydroxylation sites is 3. The van der Waals surface area contributed by atoms with E-state index in [1.165, 1.54) is 135 Å². The van der Waals surface area contributed by atoms with Gasteiger partial charge in [0, 0.05) is 99.2 Å². The van der Waals surface area contributed by atoms with Gasteiger partial charge in [0.2, 0.25) is 0 Å². The fourth-order valence-corrected chi connectivity index (χ4v) is 20.7. The minimum absolute atomic E-state index is 0.616. The minimum Gasteiger partial charge on any atom is -0.309 e. The summed E-state index contributed by atoms with van der Waals surface area (Å²) in [7, 11) is 0. The third kappa shape index (κ3) is 12.2. The lowest BCUT2D eigenvalue weighted by molar-refractivity contribution is 1.07. The molecule has 0 saturated carbocycles. The Bertz CT molecular complexity index is 9700. The summed E-state index contributed by atoms with van der Waals surface area (Å²) in [6, 6.07) is 161. The molecular weight excluding hydrogens is 1610 g/mol. The number of fused-ring (bicyclic) bond motifs is 22. The standard InChI is InChI=1S/2C61H37N5/c1-2-15-38(16-3-1)59-62-60(64-61(63-59)54-34-43-21-8-9-24-47(43)48-25-10-11-26-49(48)54)44-22-14-23-45(31-44)65-56-30-29-46(37-53(56)52-33-40-18-5-7-20-42(40)36-58(52)65)66-55-28-13-12-27-50(55)51-32-39-17-4-6-19-41(39)35-57(51)66;1-2-14-39(15-3-1)59-62-60(64-61(63-59)45-28-30-50-43(31-45)26-25-38-13-6-7-20-49(38)50)44-18-12-19-47(32-44)65-55-23-10-9-22-52(55)54-35-46-33-48(29-27-42(46)37-58(54)65)66-56-24-11-8-21-51(56)53-34-40-16-4-5-17-41(40)36-57(53)66/h2*1-37H. The van der Waals surface area contributed by atoms with Crippen LogP contribution in [0.4, 0.5) is 0 Å². The van der Waals surface area contributed by atoms with E-state index in [2.05, 4.69) is 431 Å². The van der Waals surface area contributed by atoms with Gasteiger partial charge in [-0.05, 0) is 220 Å². The third-order valence-corrected chi connectivity index (χ3v) is 26.9. The van der Waals surface area contributed by atoms with E-state index in [1.54, 1.807) is 0 Å². The normalized spacial score (nSPS) is 11.9. The van der Waals surface area contributed by atoms with Crippen LogP contribution in [0.5, 0.6) is 0 Å². The zero-order valence-corrected chi connectivity index (χ0v) is 71.2. The van der Waals surface area contributed by atoms with E-state index in [0.29, 0.717) is 34.9 Å². The van der Waals surface area contributed by atoms with Crippen LogP contribution in [0.3, 0.4) is 0 Å². The molecule has 22 aromatic carbocycles. The summed E-state index contributed by atoms with van der Waals surface area (Å²) in [6.07, 6.45) is 0. The van der Waals surface area contributed by atoms with E-state index in [1.807, 2.05) is 36.4 Å². The number of nitrogens with zero attached hydrogens (tertiary/aromatic N) is 10. The molecule has 132 heavy (non-hydrogen) atoms. The van der Waals surface area contributed by atoms with Crippen molar-refractivity contribution in [2.75, 3.05) is 0 Å². The molecule has 6 heterocycles. The van der Waals surface area contributed by atoms with E-state index in [0.717, 1.165) is 94.4 Å². The van der Waals surface area contributed by atoms with Gasteiger partial charge >= 0.3 is 0 Å². The zero-order valence-electron chi connectivity index (χ0n) is 71.2. The van der Waals surface area contributed by atoms with Crippen molar-refractivity contribution in [3.05, 3.63) is 449 Å². The Morgan fingerprint density at radius 2 is 0.417 bits per heavy atom. The van der Waals surface area contributed by atoms with Gasteiger partial charge in [-0.15, -0.1) is 0 Å². The summed E-state index contributed by atoms with van der Waals surface area (Å²) in [5.41, 5.74) is 19.3. The first kappa shape index (κ1) is 74.4. The van der Waals surface area contributed by atoms with Crippen molar-refractivity contribution in [1.82, 2.24) is 48.2 Å². The molecule has 28 rings (SSSR count). The Morgan fingerprint density at radius 3 is 0.909 bits per heavy atom. The zero-order chi connectivity index (χ0) is 86.6. The van der Waals surface area contributed by atoms with Crippen molar-refractivity contribution in [1.29, 1.82) is 0 Å². The molecule has 0 saturated heterocycles. The summed E-state index contributed by atoms with van der Waals surface area (Å²) in [5, 5.41) is 28.9. The van der Waals surface area contributed by atoms with Crippen LogP contribution in [-0.4, -0.2) is 48.2 Å². The predicted octanol–water partition coefficient (Wildman–Crippen LogP) is 31.4. The average Bonchev–Trinajstić information content (AvgIpc) is 1.56. The van der Waals surface area contributed by atoms with Crippen LogP contribution in [0.15, 0.2) is 449 Å². The molecule has 0 aliphatic rings. The minimum atomic E-state index is 0.616. The van der Waals surface area contributed by atoms with Crippen LogP contribution in [0.25, 0.3) is 264 Å². The highest BCUT2D eigenvalue weighted by Crippen LogP contribution is 2.45. The number of rotatable bonds is 10. The maximum absolute atomic E-state index is 5.32. The van der Waals surface area contributed by atoms with E-state index >= 15 is 0 Å². The first-order chi connectivity index (χ1) is 65.4. The second-order valence-electron chi connectivity index (χ2n) is 34.5. The van der Waals surface area contributed by atoms with Crippen LogP contribution < -0.4 is 0 Å². The van der Waals surface area contributed by atoms with E-state index in [4.69, 9.17) is 29.9 Å². The maximum atomic E-state index is 5.32. The summed E-state index contributed by atoms with van der Waals surface area (Å²) >= 11 is 0. The first-order valence-electron chi connectivity index (χ1n) is 44.8. The molecule has 0 spiro atoms. The van der Waals surface area contributed by atoms with Gasteiger partial charge in [0.25, 0.3) is 0 Å². The molecule has 0 amide bonds. The molecule has 10 nitrogen and oxygen atoms in total. The number of benzene rings is 22. The number of aromatic nitrogens is 10. The van der Waals surface area contributed by atoms with Crippen molar-refractivity contribution < 1.29 is 0 Å². The highest BCUT2D eigenvalue weighted by molar-refractivity contribution is 6.20. The van der Waals surface area contributed by atoms with Gasteiger partial charge in [0.1, 0.15) is 0 Å². The Hall–Kier alpha value is -17.9. The molecule has 28 aromatic rings. The van der Waals surface area contributed by atoms with Gasteiger partial charge in [0.05, 0.1) is 44.1 Å². The lowest BCUT2D eigenvalue weighted by atomic mass is 9.97. The monoisotopic (exact) mass is 1680 g/mol. The molecule has 0 bridgehead atoms. The molecule has 0 radical (unpaired) electrons. The summed E-state index contributed by atoms with van der Waals surface area (Å²) < 4.78 is 9.64. The number of hydrogen-bond acceptors (Lipinski definition) is 6. The van der Waals surface area contributed by atoms with Crippen molar-refractivity contribution >= 4 is 173 Å². The molecule has 0 fully saturated rings. The maximum Gasteiger partial charge on any atom is 0.164 e. The van der Waals surface area contributed by atoms with Gasteiger partial charge in [-0.2, -0.15) is 0 Å². The van der Waals surface area contributed by atoms with Crippen LogP contribution in [0.2, 0.25) is 0 Å². The summed E-state index contributed by atoms with van der Waals surface area (Å²) in [6.45, 7) is 0. The van der Waals surface area contributed by atoms with Gasteiger partial charge in [0.15, 0.2) is 34.9 Å². The van der Waals surface area contributed by atoms with E-state index in [9.17, 15) is 0 Å². The number of hydrogen-bond donors (Lipinski definition) is 0. The fraction of sp³-hybridized carbons (Fsp3) is 0. The topological polar surface area (TPSA) is 97.1 Å². The Kier molecular flexibility index (Phi) is 16.9. The lowest BCUT2D eigenvalue weighted by Gasteiger charge is -2.14. The molecule has 6 aromatic heterocycles. The fourth-order valence-electron chi connectivity index (χ4n) is 20.7. The molecule has 0 aliphatic heterocycles. The Morgan fingerprint density at radius 1 is 0.121 bits per heavy atom. The van der Waals surface area contributed by atoms with Crippen molar-refractivity contribution in [3.63, 3.8) is 0 Å². The highest BCUT2D eigenvalue weighted by atomic mass is 15.1. The summed E-state index contributed by atoms with van der Waals surface area (Å²) in [4.78, 5) is 31.1. The van der Waals surface area contributed by atoms with E-state index < -0.39 is 0 Å². The van der Waals surface area contributed by atoms with Crippen LogP contribution in [0, 0.1) is 0 Å². The average molecular weight is 1680 g/mol. The summed E-state index contributed by atoms with van der Waals surface area (Å²) in [5.74, 6) is 3.78. The largest absolute Gasteiger partial charge is 0.309 e. The molecule has 0 unspecified atom stereocenters. The van der Waals surface area contributed by atoms with Crippen molar-refractivity contribution in [2.24, 2.45) is 0 Å². The molecule has 612 valence electrons. The molecule has 0 aliphatic carbocycles. The molecule has 10 heteroatoms. The van der Waals surface area contributed by atoms with Crippen LogP contribution >= 0.6 is 0 Å². The van der Waals surface area contributed by atoms with Crippen molar-refractivity contribution in [3.8, 4) is 91.1 Å². The second-order valence-corrected chi connectivity index (χ2v) is 34.5. The smallest absolute Gasteiger partial charge is 0.164 e.